The number of hydrogen-bond donors (Lipinski definition) is 2. The van der Waals surface area contributed by atoms with E-state index in [9.17, 15) is 19.5 Å². The predicted molar refractivity (Wildman–Crippen MR) is 121 cm³/mol. The summed E-state index contributed by atoms with van der Waals surface area (Å²) in [5, 5.41) is 19.1. The average molecular weight is 450 g/mol. The first-order valence-electron chi connectivity index (χ1n) is 10.6. The van der Waals surface area contributed by atoms with Gasteiger partial charge in [-0.15, -0.1) is 0 Å². The molecule has 172 valence electrons. The first kappa shape index (κ1) is 24.0. The molecule has 0 saturated carbocycles. The zero-order valence-corrected chi connectivity index (χ0v) is 18.3. The van der Waals surface area contributed by atoms with Gasteiger partial charge in [-0.25, -0.2) is 9.59 Å². The number of hydrogen-bond acceptors (Lipinski definition) is 5. The van der Waals surface area contributed by atoms with E-state index in [0.29, 0.717) is 12.1 Å². The Balaban J connectivity index is 1.65. The molecule has 2 unspecified atom stereocenters. The van der Waals surface area contributed by atoms with Gasteiger partial charge in [0, 0.05) is 19.2 Å². The Bertz CT molecular complexity index is 1040. The van der Waals surface area contributed by atoms with E-state index in [0.717, 1.165) is 22.4 Å². The second kappa shape index (κ2) is 11.3. The van der Waals surface area contributed by atoms with Crippen LogP contribution in [0.4, 0.5) is 10.5 Å². The molecule has 2 aromatic carbocycles. The summed E-state index contributed by atoms with van der Waals surface area (Å²) < 4.78 is 4.85. The standard InChI is InChI=1S/C25H26N2O6/c1-26-24(31)21(9-5-6-16-33-17-23(29)30)27(25(26)32)20-13-11-19(12-14-20)22(28)15-10-18-7-3-2-4-8-18/h2-4,7-8,11-14,21-22,28H,9-10,15-17H2,1H3,(H,29,30). The van der Waals surface area contributed by atoms with Crippen molar-refractivity contribution in [1.29, 1.82) is 0 Å². The zero-order chi connectivity index (χ0) is 23.8. The van der Waals surface area contributed by atoms with Gasteiger partial charge in [-0.3, -0.25) is 14.6 Å². The van der Waals surface area contributed by atoms with Crippen LogP contribution >= 0.6 is 0 Å². The monoisotopic (exact) mass is 450 g/mol. The number of aliphatic carboxylic acids is 1. The predicted octanol–water partition coefficient (Wildman–Crippen LogP) is 2.61. The molecule has 3 amide bonds. The SMILES string of the molecule is CN1C(=O)C(CC#CCOCC(=O)O)N(c2ccc(C(O)CCc3ccccc3)cc2)C1=O. The van der Waals surface area contributed by atoms with Crippen LogP contribution in [-0.2, 0) is 20.7 Å². The number of nitrogens with zero attached hydrogens (tertiary/aromatic N) is 2. The number of likely N-dealkylation sites (N-methyl/N-ethyl adjacent to an activating group) is 1. The van der Waals surface area contributed by atoms with Gasteiger partial charge in [-0.1, -0.05) is 54.3 Å². The normalized spacial score (nSPS) is 16.5. The van der Waals surface area contributed by atoms with E-state index in [2.05, 4.69) is 11.8 Å². The van der Waals surface area contributed by atoms with E-state index >= 15 is 0 Å². The Morgan fingerprint density at radius 2 is 1.79 bits per heavy atom. The maximum Gasteiger partial charge on any atom is 0.331 e. The highest BCUT2D eigenvalue weighted by molar-refractivity contribution is 6.14. The van der Waals surface area contributed by atoms with Crippen molar-refractivity contribution < 1.29 is 29.3 Å². The fraction of sp³-hybridized carbons (Fsp3) is 0.320. The van der Waals surface area contributed by atoms with Gasteiger partial charge in [-0.05, 0) is 36.1 Å². The molecule has 2 N–H and O–H groups in total. The van der Waals surface area contributed by atoms with Crippen molar-refractivity contribution in [2.45, 2.75) is 31.4 Å². The summed E-state index contributed by atoms with van der Waals surface area (Å²) in [6, 6.07) is 15.6. The lowest BCUT2D eigenvalue weighted by Crippen LogP contribution is -2.34. The maximum absolute atomic E-state index is 12.7. The molecule has 0 aliphatic carbocycles. The van der Waals surface area contributed by atoms with Gasteiger partial charge in [0.1, 0.15) is 19.3 Å². The summed E-state index contributed by atoms with van der Waals surface area (Å²) in [4.78, 5) is 38.1. The van der Waals surface area contributed by atoms with Gasteiger partial charge in [-0.2, -0.15) is 0 Å². The van der Waals surface area contributed by atoms with Crippen molar-refractivity contribution in [3.8, 4) is 11.8 Å². The summed E-state index contributed by atoms with van der Waals surface area (Å²) >= 11 is 0. The molecule has 1 fully saturated rings. The highest BCUT2D eigenvalue weighted by atomic mass is 16.5. The molecule has 1 heterocycles. The van der Waals surface area contributed by atoms with Crippen molar-refractivity contribution in [3.63, 3.8) is 0 Å². The molecule has 8 nitrogen and oxygen atoms in total. The van der Waals surface area contributed by atoms with Crippen molar-refractivity contribution in [3.05, 3.63) is 65.7 Å². The van der Waals surface area contributed by atoms with E-state index in [4.69, 9.17) is 9.84 Å². The number of carbonyl (C=O) groups is 3. The lowest BCUT2D eigenvalue weighted by atomic mass is 10.0. The minimum Gasteiger partial charge on any atom is -0.480 e. The van der Waals surface area contributed by atoms with Crippen LogP contribution in [0.2, 0.25) is 0 Å². The van der Waals surface area contributed by atoms with Gasteiger partial charge < -0.3 is 14.9 Å². The average Bonchev–Trinajstić information content (AvgIpc) is 3.03. The third-order valence-electron chi connectivity index (χ3n) is 5.35. The van der Waals surface area contributed by atoms with Crippen molar-refractivity contribution in [2.75, 3.05) is 25.2 Å². The van der Waals surface area contributed by atoms with E-state index in [1.165, 1.54) is 11.9 Å². The molecular weight excluding hydrogens is 424 g/mol. The Morgan fingerprint density at radius 1 is 1.09 bits per heavy atom. The van der Waals surface area contributed by atoms with Crippen molar-refractivity contribution in [1.82, 2.24) is 4.90 Å². The van der Waals surface area contributed by atoms with Crippen LogP contribution in [0.1, 0.15) is 30.1 Å². The van der Waals surface area contributed by atoms with Gasteiger partial charge in [0.2, 0.25) is 0 Å². The number of anilines is 1. The Hall–Kier alpha value is -3.67. The lowest BCUT2D eigenvalue weighted by molar-refractivity contribution is -0.141. The van der Waals surface area contributed by atoms with Crippen LogP contribution < -0.4 is 4.90 Å². The molecular formula is C25H26N2O6. The van der Waals surface area contributed by atoms with Crippen LogP contribution in [0.3, 0.4) is 0 Å². The van der Waals surface area contributed by atoms with Gasteiger partial charge in [0.25, 0.3) is 5.91 Å². The Labute approximate surface area is 192 Å². The number of benzene rings is 2. The van der Waals surface area contributed by atoms with E-state index in [1.54, 1.807) is 24.3 Å². The van der Waals surface area contributed by atoms with Gasteiger partial charge >= 0.3 is 12.0 Å². The fourth-order valence-corrected chi connectivity index (χ4v) is 3.57. The third kappa shape index (κ3) is 6.19. The number of aliphatic hydroxyl groups is 1. The second-order valence-corrected chi connectivity index (χ2v) is 7.64. The largest absolute Gasteiger partial charge is 0.480 e. The molecule has 0 aromatic heterocycles. The van der Waals surface area contributed by atoms with E-state index < -0.39 is 30.8 Å². The topological polar surface area (TPSA) is 107 Å². The quantitative estimate of drug-likeness (QED) is 0.346. The number of carboxylic acids is 1. The summed E-state index contributed by atoms with van der Waals surface area (Å²) in [5.74, 6) is 3.99. The summed E-state index contributed by atoms with van der Waals surface area (Å²) in [5.41, 5.74) is 2.41. The minimum atomic E-state index is -1.09. The third-order valence-corrected chi connectivity index (χ3v) is 5.35. The van der Waals surface area contributed by atoms with Crippen LogP contribution in [-0.4, -0.2) is 59.3 Å². The number of rotatable bonds is 9. The first-order valence-corrected chi connectivity index (χ1v) is 10.6. The minimum absolute atomic E-state index is 0.0768. The highest BCUT2D eigenvalue weighted by Gasteiger charge is 2.43. The Morgan fingerprint density at radius 3 is 2.45 bits per heavy atom. The number of imide groups is 1. The molecule has 2 atom stereocenters. The van der Waals surface area contributed by atoms with Crippen LogP contribution in [0.5, 0.6) is 0 Å². The smallest absolute Gasteiger partial charge is 0.331 e. The maximum atomic E-state index is 12.7. The number of carboxylic acid groups (broad SMARTS) is 1. The molecule has 1 aliphatic heterocycles. The van der Waals surface area contributed by atoms with Crippen LogP contribution in [0, 0.1) is 11.8 Å². The molecule has 33 heavy (non-hydrogen) atoms. The highest BCUT2D eigenvalue weighted by Crippen LogP contribution is 2.29. The van der Waals surface area contributed by atoms with Gasteiger partial charge in [0.05, 0.1) is 6.10 Å². The summed E-state index contributed by atoms with van der Waals surface area (Å²) in [7, 11) is 1.42. The number of amides is 3. The summed E-state index contributed by atoms with van der Waals surface area (Å²) in [6.07, 6.45) is 0.748. The van der Waals surface area contributed by atoms with Crippen molar-refractivity contribution >= 4 is 23.6 Å². The number of aliphatic hydroxyl groups excluding tert-OH is 1. The van der Waals surface area contributed by atoms with Crippen LogP contribution in [0.15, 0.2) is 54.6 Å². The zero-order valence-electron chi connectivity index (χ0n) is 18.3. The number of urea groups is 1. The van der Waals surface area contributed by atoms with Gasteiger partial charge in [0.15, 0.2) is 0 Å². The molecule has 3 rings (SSSR count). The molecule has 2 aromatic rings. The lowest BCUT2D eigenvalue weighted by Gasteiger charge is -2.21. The van der Waals surface area contributed by atoms with Crippen LogP contribution in [0.25, 0.3) is 0 Å². The fourth-order valence-electron chi connectivity index (χ4n) is 3.57. The number of carbonyl (C=O) groups excluding carboxylic acids is 2. The molecule has 0 radical (unpaired) electrons. The van der Waals surface area contributed by atoms with E-state index in [-0.39, 0.29) is 18.9 Å². The first-order chi connectivity index (χ1) is 15.9. The van der Waals surface area contributed by atoms with Crippen molar-refractivity contribution in [2.24, 2.45) is 0 Å². The molecule has 8 heteroatoms. The molecule has 1 aliphatic rings. The van der Waals surface area contributed by atoms with E-state index in [1.807, 2.05) is 30.3 Å². The summed E-state index contributed by atoms with van der Waals surface area (Å²) in [6.45, 7) is -0.527. The number of ether oxygens (including phenoxy) is 1. The second-order valence-electron chi connectivity index (χ2n) is 7.64. The molecule has 0 bridgehead atoms. The molecule has 0 spiro atoms. The Kier molecular flexibility index (Phi) is 8.19. The number of aryl methyl sites for hydroxylation is 1. The molecule has 1 saturated heterocycles.